The molecule has 2 heterocycles. The average molecular weight is 313 g/mol. The molecule has 0 radical (unpaired) electrons. The highest BCUT2D eigenvalue weighted by atomic mass is 32.1. The van der Waals surface area contributed by atoms with E-state index in [1.165, 1.54) is 6.26 Å². The van der Waals surface area contributed by atoms with Crippen molar-refractivity contribution >= 4 is 28.3 Å². The molecular weight excluding hydrogens is 307 g/mol. The maximum absolute atomic E-state index is 12.8. The topological polar surface area (TPSA) is 63.3 Å². The Morgan fingerprint density at radius 3 is 2.62 bits per heavy atom. The summed E-state index contributed by atoms with van der Waals surface area (Å²) in [5.41, 5.74) is -0.554. The predicted octanol–water partition coefficient (Wildman–Crippen LogP) is 4.27. The Morgan fingerprint density at radius 2 is 2.00 bits per heavy atom. The third-order valence-electron chi connectivity index (χ3n) is 2.80. The van der Waals surface area contributed by atoms with E-state index in [1.807, 2.05) is 0 Å². The second kappa shape index (κ2) is 4.59. The second-order valence-corrected chi connectivity index (χ2v) is 5.14. The summed E-state index contributed by atoms with van der Waals surface area (Å²) in [7, 11) is 0. The van der Waals surface area contributed by atoms with Gasteiger partial charge >= 0.3 is 12.1 Å². The van der Waals surface area contributed by atoms with Crippen LogP contribution in [0.3, 0.4) is 0 Å². The molecule has 0 fully saturated rings. The molecule has 0 aliphatic heterocycles. The zero-order chi connectivity index (χ0) is 15.2. The standard InChI is InChI=1S/C13H6F3NO3S/c14-13(15,16)10-9(12(18)19)21-11(17-10)7-5-20-8-4-2-1-3-6(7)8/h1-5H,(H,18,19). The number of halogens is 3. The van der Waals surface area contributed by atoms with Crippen molar-refractivity contribution in [3.8, 4) is 10.6 Å². The molecule has 0 unspecified atom stereocenters. The maximum atomic E-state index is 12.8. The van der Waals surface area contributed by atoms with E-state index in [9.17, 15) is 18.0 Å². The minimum atomic E-state index is -4.82. The van der Waals surface area contributed by atoms with Crippen molar-refractivity contribution in [3.63, 3.8) is 0 Å². The van der Waals surface area contributed by atoms with E-state index in [-0.39, 0.29) is 5.01 Å². The fourth-order valence-electron chi connectivity index (χ4n) is 1.92. The van der Waals surface area contributed by atoms with Gasteiger partial charge < -0.3 is 9.52 Å². The number of thiazole rings is 1. The first kappa shape index (κ1) is 13.6. The molecule has 0 aliphatic rings. The molecule has 1 N–H and O–H groups in total. The molecule has 21 heavy (non-hydrogen) atoms. The van der Waals surface area contributed by atoms with E-state index < -0.39 is 22.7 Å². The zero-order valence-corrected chi connectivity index (χ0v) is 11.0. The Bertz CT molecular complexity index is 835. The maximum Gasteiger partial charge on any atom is 0.435 e. The van der Waals surface area contributed by atoms with Crippen LogP contribution in [0.1, 0.15) is 15.4 Å². The lowest BCUT2D eigenvalue weighted by atomic mass is 10.2. The normalized spacial score (nSPS) is 12.0. The number of aromatic nitrogens is 1. The number of carboxylic acid groups (broad SMARTS) is 1. The fourth-order valence-corrected chi connectivity index (χ4v) is 2.86. The Morgan fingerprint density at radius 1 is 1.29 bits per heavy atom. The van der Waals surface area contributed by atoms with Crippen molar-refractivity contribution in [3.05, 3.63) is 41.1 Å². The van der Waals surface area contributed by atoms with Gasteiger partial charge in [-0.05, 0) is 6.07 Å². The highest BCUT2D eigenvalue weighted by Gasteiger charge is 2.40. The van der Waals surface area contributed by atoms with Crippen LogP contribution in [-0.2, 0) is 6.18 Å². The van der Waals surface area contributed by atoms with Crippen molar-refractivity contribution in [2.75, 3.05) is 0 Å². The monoisotopic (exact) mass is 313 g/mol. The van der Waals surface area contributed by atoms with Crippen LogP contribution in [0.2, 0.25) is 0 Å². The molecule has 0 saturated heterocycles. The minimum absolute atomic E-state index is 0.0373. The Kier molecular flexibility index (Phi) is 2.98. The van der Waals surface area contributed by atoms with E-state index in [4.69, 9.17) is 9.52 Å². The van der Waals surface area contributed by atoms with Crippen LogP contribution in [0.15, 0.2) is 34.9 Å². The molecule has 0 saturated carbocycles. The first-order valence-corrected chi connectivity index (χ1v) is 6.47. The van der Waals surface area contributed by atoms with Crippen molar-refractivity contribution in [2.24, 2.45) is 0 Å². The Labute approximate surface area is 119 Å². The Balaban J connectivity index is 2.22. The smallest absolute Gasteiger partial charge is 0.435 e. The third kappa shape index (κ3) is 2.27. The highest BCUT2D eigenvalue weighted by molar-refractivity contribution is 7.17. The molecule has 0 spiro atoms. The van der Waals surface area contributed by atoms with Gasteiger partial charge in [-0.25, -0.2) is 9.78 Å². The highest BCUT2D eigenvalue weighted by Crippen LogP contribution is 2.40. The summed E-state index contributed by atoms with van der Waals surface area (Å²) in [6.45, 7) is 0. The predicted molar refractivity (Wildman–Crippen MR) is 69.3 cm³/mol. The number of aromatic carboxylic acids is 1. The van der Waals surface area contributed by atoms with Crippen LogP contribution in [0.4, 0.5) is 13.2 Å². The van der Waals surface area contributed by atoms with E-state index in [1.54, 1.807) is 24.3 Å². The molecule has 108 valence electrons. The van der Waals surface area contributed by atoms with Gasteiger partial charge in [-0.2, -0.15) is 13.2 Å². The lowest BCUT2D eigenvalue weighted by Crippen LogP contribution is -2.11. The van der Waals surface area contributed by atoms with Crippen molar-refractivity contribution in [2.45, 2.75) is 6.18 Å². The number of hydrogen-bond donors (Lipinski definition) is 1. The molecule has 2 aromatic heterocycles. The van der Waals surface area contributed by atoms with Gasteiger partial charge in [0.15, 0.2) is 5.69 Å². The Hall–Kier alpha value is -2.35. The van der Waals surface area contributed by atoms with Crippen molar-refractivity contribution < 1.29 is 27.5 Å². The summed E-state index contributed by atoms with van der Waals surface area (Å²) in [5, 5.41) is 9.44. The molecular formula is C13H6F3NO3S. The molecule has 0 amide bonds. The number of carbonyl (C=O) groups is 1. The number of fused-ring (bicyclic) bond motifs is 1. The second-order valence-electron chi connectivity index (χ2n) is 4.15. The summed E-state index contributed by atoms with van der Waals surface area (Å²) in [6, 6.07) is 6.76. The number of furan rings is 1. The van der Waals surface area contributed by atoms with Gasteiger partial charge in [0.1, 0.15) is 21.7 Å². The summed E-state index contributed by atoms with van der Waals surface area (Å²) in [4.78, 5) is 13.6. The molecule has 8 heteroatoms. The quantitative estimate of drug-likeness (QED) is 0.767. The molecule has 0 atom stereocenters. The number of alkyl halides is 3. The number of hydrogen-bond acceptors (Lipinski definition) is 4. The van der Waals surface area contributed by atoms with Gasteiger partial charge in [-0.3, -0.25) is 0 Å². The summed E-state index contributed by atoms with van der Waals surface area (Å²) < 4.78 is 43.7. The van der Waals surface area contributed by atoms with E-state index >= 15 is 0 Å². The first-order chi connectivity index (χ1) is 9.88. The number of para-hydroxylation sites is 1. The van der Waals surface area contributed by atoms with E-state index in [2.05, 4.69) is 4.98 Å². The third-order valence-corrected chi connectivity index (χ3v) is 3.88. The van der Waals surface area contributed by atoms with Crippen LogP contribution in [-0.4, -0.2) is 16.1 Å². The molecule has 3 aromatic rings. The molecule has 0 aliphatic carbocycles. The number of benzene rings is 1. The molecule has 0 bridgehead atoms. The zero-order valence-electron chi connectivity index (χ0n) is 10.1. The van der Waals surface area contributed by atoms with Gasteiger partial charge in [-0.15, -0.1) is 11.3 Å². The van der Waals surface area contributed by atoms with Crippen molar-refractivity contribution in [1.29, 1.82) is 0 Å². The lowest BCUT2D eigenvalue weighted by Gasteiger charge is -2.02. The number of nitrogens with zero attached hydrogens (tertiary/aromatic N) is 1. The molecule has 4 nitrogen and oxygen atoms in total. The summed E-state index contributed by atoms with van der Waals surface area (Å²) in [5.74, 6) is -1.65. The lowest BCUT2D eigenvalue weighted by molar-refractivity contribution is -0.141. The number of carboxylic acids is 1. The summed E-state index contributed by atoms with van der Waals surface area (Å²) in [6.07, 6.45) is -3.54. The van der Waals surface area contributed by atoms with Gasteiger partial charge in [0.25, 0.3) is 0 Å². The number of rotatable bonds is 2. The van der Waals surface area contributed by atoms with Crippen LogP contribution >= 0.6 is 11.3 Å². The van der Waals surface area contributed by atoms with Crippen LogP contribution < -0.4 is 0 Å². The molecule has 3 rings (SSSR count). The largest absolute Gasteiger partial charge is 0.477 e. The van der Waals surface area contributed by atoms with Gasteiger partial charge in [0, 0.05) is 5.39 Å². The van der Waals surface area contributed by atoms with E-state index in [0.717, 1.165) is 0 Å². The summed E-state index contributed by atoms with van der Waals surface area (Å²) >= 11 is 0.476. The molecule has 1 aromatic carbocycles. The SMILES string of the molecule is O=C(O)c1sc(-c2coc3ccccc23)nc1C(F)(F)F. The van der Waals surface area contributed by atoms with Gasteiger partial charge in [0.2, 0.25) is 0 Å². The van der Waals surface area contributed by atoms with Crippen LogP contribution in [0.25, 0.3) is 21.5 Å². The fraction of sp³-hybridized carbons (Fsp3) is 0.0769. The van der Waals surface area contributed by atoms with Gasteiger partial charge in [-0.1, -0.05) is 18.2 Å². The minimum Gasteiger partial charge on any atom is -0.477 e. The van der Waals surface area contributed by atoms with Crippen molar-refractivity contribution in [1.82, 2.24) is 4.98 Å². The van der Waals surface area contributed by atoms with Crippen LogP contribution in [0.5, 0.6) is 0 Å². The first-order valence-electron chi connectivity index (χ1n) is 5.66. The average Bonchev–Trinajstić information content (AvgIpc) is 3.01. The van der Waals surface area contributed by atoms with Gasteiger partial charge in [0.05, 0.1) is 5.56 Å². The van der Waals surface area contributed by atoms with E-state index in [0.29, 0.717) is 27.9 Å². The van der Waals surface area contributed by atoms with Crippen LogP contribution in [0, 0.1) is 0 Å².